The van der Waals surface area contributed by atoms with Crippen LogP contribution in [0, 0.1) is 6.92 Å². The van der Waals surface area contributed by atoms with Crippen LogP contribution in [0.4, 0.5) is 0 Å². The largest absolute Gasteiger partial charge is 0.398 e. The van der Waals surface area contributed by atoms with E-state index in [0.717, 1.165) is 28.8 Å². The van der Waals surface area contributed by atoms with Crippen LogP contribution >= 0.6 is 0 Å². The Balaban J connectivity index is 1.81. The average molecular weight is 313 g/mol. The van der Waals surface area contributed by atoms with Crippen molar-refractivity contribution in [1.29, 1.82) is 0 Å². The van der Waals surface area contributed by atoms with Gasteiger partial charge in [0.2, 0.25) is 0 Å². The summed E-state index contributed by atoms with van der Waals surface area (Å²) in [6, 6.07) is 18.7. The van der Waals surface area contributed by atoms with Gasteiger partial charge in [0, 0.05) is 11.3 Å². The molecule has 0 radical (unpaired) electrons. The van der Waals surface area contributed by atoms with Gasteiger partial charge in [0.1, 0.15) is 0 Å². The smallest absolute Gasteiger partial charge is 0.0425 e. The van der Waals surface area contributed by atoms with E-state index < -0.39 is 0 Å². The summed E-state index contributed by atoms with van der Waals surface area (Å²) < 4.78 is 0. The highest BCUT2D eigenvalue weighted by Gasteiger charge is 2.16. The van der Waals surface area contributed by atoms with Gasteiger partial charge < -0.3 is 5.73 Å². The summed E-state index contributed by atoms with van der Waals surface area (Å²) in [5.74, 6) is 0. The van der Waals surface area contributed by atoms with Gasteiger partial charge in [-0.25, -0.2) is 0 Å². The summed E-state index contributed by atoms with van der Waals surface area (Å²) >= 11 is 0. The zero-order valence-electron chi connectivity index (χ0n) is 14.3. The summed E-state index contributed by atoms with van der Waals surface area (Å²) in [6.45, 7) is 8.45. The summed E-state index contributed by atoms with van der Waals surface area (Å²) in [4.78, 5) is 0. The third-order valence-corrected chi connectivity index (χ3v) is 4.69. The van der Waals surface area contributed by atoms with E-state index in [0.29, 0.717) is 0 Å². The van der Waals surface area contributed by atoms with Crippen molar-refractivity contribution in [2.75, 3.05) is 0 Å². The molecule has 2 aromatic rings. The summed E-state index contributed by atoms with van der Waals surface area (Å²) in [6.07, 6.45) is 5.26. The standard InChI is InChI=1S/C23H23N/c1-16-9-7-8-12-22(16)23(24)18(3)17(2)20-13-14-21(15-20)19-10-5-4-6-11-19/h4-14H,2,15,24H2,1,3H3/b23-18-. The second-order valence-corrected chi connectivity index (χ2v) is 6.26. The van der Waals surface area contributed by atoms with Gasteiger partial charge in [0.25, 0.3) is 0 Å². The molecule has 120 valence electrons. The number of rotatable bonds is 4. The van der Waals surface area contributed by atoms with E-state index in [1.807, 2.05) is 18.2 Å². The molecule has 0 spiro atoms. The molecule has 0 aromatic heterocycles. The van der Waals surface area contributed by atoms with Crippen molar-refractivity contribution in [3.63, 3.8) is 0 Å². The first kappa shape index (κ1) is 16.1. The van der Waals surface area contributed by atoms with E-state index in [-0.39, 0.29) is 0 Å². The molecule has 0 unspecified atom stereocenters. The maximum atomic E-state index is 6.43. The molecule has 0 aliphatic heterocycles. The molecule has 1 nitrogen and oxygen atoms in total. The third-order valence-electron chi connectivity index (χ3n) is 4.69. The number of aryl methyl sites for hydroxylation is 1. The Hall–Kier alpha value is -2.80. The fraction of sp³-hybridized carbons (Fsp3) is 0.130. The molecule has 1 heteroatoms. The van der Waals surface area contributed by atoms with Crippen molar-refractivity contribution in [3.05, 3.63) is 107 Å². The fourth-order valence-electron chi connectivity index (χ4n) is 3.06. The lowest BCUT2D eigenvalue weighted by Gasteiger charge is -2.14. The van der Waals surface area contributed by atoms with Gasteiger partial charge in [0.05, 0.1) is 0 Å². The zero-order valence-corrected chi connectivity index (χ0v) is 14.3. The quantitative estimate of drug-likeness (QED) is 0.725. The number of benzene rings is 2. The minimum absolute atomic E-state index is 0.812. The Bertz CT molecular complexity index is 864. The van der Waals surface area contributed by atoms with Gasteiger partial charge in [-0.3, -0.25) is 0 Å². The molecule has 1 aliphatic rings. The highest BCUT2D eigenvalue weighted by atomic mass is 14.6. The van der Waals surface area contributed by atoms with Crippen LogP contribution in [0.1, 0.15) is 30.0 Å². The molecule has 0 bridgehead atoms. The summed E-state index contributed by atoms with van der Waals surface area (Å²) in [7, 11) is 0. The van der Waals surface area contributed by atoms with Gasteiger partial charge in [-0.05, 0) is 53.7 Å². The second kappa shape index (κ2) is 6.76. The molecule has 24 heavy (non-hydrogen) atoms. The molecule has 2 aromatic carbocycles. The molecule has 0 saturated heterocycles. The molecule has 0 amide bonds. The molecule has 0 fully saturated rings. The molecular formula is C23H23N. The Labute approximate surface area is 144 Å². The topological polar surface area (TPSA) is 26.0 Å². The normalized spacial score (nSPS) is 14.8. The minimum atomic E-state index is 0.812. The van der Waals surface area contributed by atoms with Gasteiger partial charge in [0.15, 0.2) is 0 Å². The van der Waals surface area contributed by atoms with E-state index in [1.165, 1.54) is 22.3 Å². The van der Waals surface area contributed by atoms with Crippen molar-refractivity contribution in [3.8, 4) is 0 Å². The maximum Gasteiger partial charge on any atom is 0.0425 e. The van der Waals surface area contributed by atoms with Crippen molar-refractivity contribution >= 4 is 11.3 Å². The molecular weight excluding hydrogens is 290 g/mol. The van der Waals surface area contributed by atoms with Gasteiger partial charge in [-0.2, -0.15) is 0 Å². The number of hydrogen-bond acceptors (Lipinski definition) is 1. The second-order valence-electron chi connectivity index (χ2n) is 6.26. The molecule has 3 rings (SSSR count). The van der Waals surface area contributed by atoms with Gasteiger partial charge >= 0.3 is 0 Å². The van der Waals surface area contributed by atoms with Gasteiger partial charge in [-0.15, -0.1) is 0 Å². The van der Waals surface area contributed by atoms with E-state index >= 15 is 0 Å². The van der Waals surface area contributed by atoms with Crippen LogP contribution in [-0.2, 0) is 0 Å². The lowest BCUT2D eigenvalue weighted by Crippen LogP contribution is -2.04. The van der Waals surface area contributed by atoms with Crippen molar-refractivity contribution < 1.29 is 0 Å². The first-order chi connectivity index (χ1) is 11.6. The zero-order chi connectivity index (χ0) is 17.1. The van der Waals surface area contributed by atoms with Crippen LogP contribution in [0.15, 0.2) is 90.0 Å². The predicted molar refractivity (Wildman–Crippen MR) is 104 cm³/mol. The first-order valence-electron chi connectivity index (χ1n) is 8.25. The van der Waals surface area contributed by atoms with E-state index in [4.69, 9.17) is 5.73 Å². The average Bonchev–Trinajstić information content (AvgIpc) is 3.11. The Morgan fingerprint density at radius 2 is 1.62 bits per heavy atom. The summed E-state index contributed by atoms with van der Waals surface area (Å²) in [5.41, 5.74) is 15.4. The van der Waals surface area contributed by atoms with Crippen LogP contribution in [0.3, 0.4) is 0 Å². The van der Waals surface area contributed by atoms with Crippen molar-refractivity contribution in [2.45, 2.75) is 20.3 Å². The highest BCUT2D eigenvalue weighted by Crippen LogP contribution is 2.35. The molecule has 1 aliphatic carbocycles. The number of allylic oxidation sites excluding steroid dienone is 6. The first-order valence-corrected chi connectivity index (χ1v) is 8.25. The SMILES string of the molecule is C=C(C1=CC=C(c2ccccc2)C1)/C(C)=C(\N)c1ccccc1C. The minimum Gasteiger partial charge on any atom is -0.398 e. The Kier molecular flexibility index (Phi) is 4.52. The lowest BCUT2D eigenvalue weighted by atomic mass is 9.92. The van der Waals surface area contributed by atoms with Crippen LogP contribution < -0.4 is 5.73 Å². The van der Waals surface area contributed by atoms with Crippen LogP contribution in [0.2, 0.25) is 0 Å². The van der Waals surface area contributed by atoms with Crippen molar-refractivity contribution in [2.24, 2.45) is 5.73 Å². The van der Waals surface area contributed by atoms with E-state index in [2.05, 4.69) is 69.0 Å². The molecule has 0 saturated carbocycles. The Morgan fingerprint density at radius 3 is 2.33 bits per heavy atom. The fourth-order valence-corrected chi connectivity index (χ4v) is 3.06. The Morgan fingerprint density at radius 1 is 0.958 bits per heavy atom. The maximum absolute atomic E-state index is 6.43. The number of nitrogens with two attached hydrogens (primary N) is 1. The highest BCUT2D eigenvalue weighted by molar-refractivity contribution is 5.78. The lowest BCUT2D eigenvalue weighted by molar-refractivity contribution is 1.24. The van der Waals surface area contributed by atoms with Crippen LogP contribution in [-0.4, -0.2) is 0 Å². The molecule has 2 N–H and O–H groups in total. The summed E-state index contributed by atoms with van der Waals surface area (Å²) in [5, 5.41) is 0. The monoisotopic (exact) mass is 313 g/mol. The third kappa shape index (κ3) is 3.11. The molecule has 0 atom stereocenters. The molecule has 0 heterocycles. The van der Waals surface area contributed by atoms with E-state index in [1.54, 1.807) is 0 Å². The van der Waals surface area contributed by atoms with E-state index in [9.17, 15) is 0 Å². The van der Waals surface area contributed by atoms with Gasteiger partial charge in [-0.1, -0.05) is 73.3 Å². The predicted octanol–water partition coefficient (Wildman–Crippen LogP) is 5.65. The number of hydrogen-bond donors (Lipinski definition) is 1. The van der Waals surface area contributed by atoms with Crippen LogP contribution in [0.25, 0.3) is 11.3 Å². The van der Waals surface area contributed by atoms with Crippen molar-refractivity contribution in [1.82, 2.24) is 0 Å². The van der Waals surface area contributed by atoms with Crippen LogP contribution in [0.5, 0.6) is 0 Å².